The quantitative estimate of drug-likeness (QED) is 0.167. The van der Waals surface area contributed by atoms with Crippen LogP contribution in [0.3, 0.4) is 0 Å². The van der Waals surface area contributed by atoms with Crippen LogP contribution in [0.1, 0.15) is 96.8 Å². The molecule has 0 spiro atoms. The van der Waals surface area contributed by atoms with Gasteiger partial charge in [-0.3, -0.25) is 0 Å². The Morgan fingerprint density at radius 1 is 0.344 bits per heavy atom. The van der Waals surface area contributed by atoms with Crippen LogP contribution < -0.4 is 0 Å². The smallest absolute Gasteiger partial charge is 0.230 e. The summed E-state index contributed by atoms with van der Waals surface area (Å²) >= 11 is 0. The summed E-state index contributed by atoms with van der Waals surface area (Å²) in [6.07, 6.45) is 7.07. The van der Waals surface area contributed by atoms with Crippen molar-refractivity contribution >= 4 is 0 Å². The van der Waals surface area contributed by atoms with E-state index in [9.17, 15) is 48.3 Å². The van der Waals surface area contributed by atoms with Crippen molar-refractivity contribution in [2.75, 3.05) is 0 Å². The van der Waals surface area contributed by atoms with Crippen LogP contribution in [0.25, 0.3) is 0 Å². The summed E-state index contributed by atoms with van der Waals surface area (Å²) in [6.45, 7) is 2.11. The predicted octanol–water partition coefficient (Wildman–Crippen LogP) is 9.37. The van der Waals surface area contributed by atoms with Crippen molar-refractivity contribution in [3.63, 3.8) is 0 Å². The van der Waals surface area contributed by atoms with E-state index in [1.807, 2.05) is 0 Å². The van der Waals surface area contributed by atoms with Gasteiger partial charge in [0, 0.05) is 0 Å². The standard InChI is InChI=1S/C21H31F11/c1-2-3-4-5-6-7-8-9-10-11-12-13-14-15-16(22)17(23,24)19(27,28)21(31,32)20(29,30)18(16,25)26/h2-15H2,1H3. The van der Waals surface area contributed by atoms with E-state index in [0.717, 1.165) is 44.9 Å². The molecule has 1 rings (SSSR count). The molecule has 0 radical (unpaired) electrons. The van der Waals surface area contributed by atoms with E-state index in [1.165, 1.54) is 12.8 Å². The molecule has 0 unspecified atom stereocenters. The molecular formula is C21H31F11. The lowest BCUT2D eigenvalue weighted by Gasteiger charge is -2.52. The zero-order valence-electron chi connectivity index (χ0n) is 18.1. The third-order valence-electron chi connectivity index (χ3n) is 6.20. The van der Waals surface area contributed by atoms with Gasteiger partial charge in [0.15, 0.2) is 0 Å². The summed E-state index contributed by atoms with van der Waals surface area (Å²) in [4.78, 5) is 0. The largest absolute Gasteiger partial charge is 0.384 e. The molecule has 0 heterocycles. The molecule has 11 heteroatoms. The highest BCUT2D eigenvalue weighted by molar-refractivity contribution is 5.26. The highest BCUT2D eigenvalue weighted by atomic mass is 19.4. The molecule has 0 aliphatic heterocycles. The molecule has 0 aromatic rings. The van der Waals surface area contributed by atoms with E-state index < -0.39 is 48.1 Å². The second kappa shape index (κ2) is 10.7. The second-order valence-electron chi connectivity index (χ2n) is 8.67. The molecule has 1 fully saturated rings. The van der Waals surface area contributed by atoms with Crippen LogP contribution in [0.15, 0.2) is 0 Å². The number of hydrogen-bond donors (Lipinski definition) is 0. The molecule has 1 aliphatic carbocycles. The van der Waals surface area contributed by atoms with Gasteiger partial charge in [0.1, 0.15) is 0 Å². The van der Waals surface area contributed by atoms with E-state index in [2.05, 4.69) is 6.92 Å². The fraction of sp³-hybridized carbons (Fsp3) is 1.00. The number of rotatable bonds is 14. The van der Waals surface area contributed by atoms with Gasteiger partial charge in [0.05, 0.1) is 0 Å². The van der Waals surface area contributed by atoms with Crippen molar-refractivity contribution in [3.05, 3.63) is 0 Å². The van der Waals surface area contributed by atoms with Crippen LogP contribution >= 0.6 is 0 Å². The summed E-state index contributed by atoms with van der Waals surface area (Å²) in [5, 5.41) is 0. The Labute approximate surface area is 181 Å². The summed E-state index contributed by atoms with van der Waals surface area (Å²) in [6, 6.07) is 0. The van der Waals surface area contributed by atoms with Gasteiger partial charge < -0.3 is 0 Å². The molecule has 0 saturated heterocycles. The van der Waals surface area contributed by atoms with Crippen LogP contribution in [-0.2, 0) is 0 Å². The first-order valence-electron chi connectivity index (χ1n) is 11.1. The lowest BCUT2D eigenvalue weighted by Crippen LogP contribution is -2.83. The Bertz CT molecular complexity index is 542. The number of hydrogen-bond acceptors (Lipinski definition) is 0. The molecule has 0 bridgehead atoms. The summed E-state index contributed by atoms with van der Waals surface area (Å²) in [5.41, 5.74) is -5.81. The van der Waals surface area contributed by atoms with Gasteiger partial charge in [-0.25, -0.2) is 4.39 Å². The number of alkyl halides is 11. The van der Waals surface area contributed by atoms with E-state index >= 15 is 0 Å². The Morgan fingerprint density at radius 2 is 0.594 bits per heavy atom. The Hall–Kier alpha value is -0.770. The van der Waals surface area contributed by atoms with E-state index in [-0.39, 0.29) is 12.8 Å². The van der Waals surface area contributed by atoms with Gasteiger partial charge in [-0.15, -0.1) is 0 Å². The molecule has 0 aromatic carbocycles. The van der Waals surface area contributed by atoms with Crippen molar-refractivity contribution in [2.45, 2.75) is 132 Å². The molecule has 1 saturated carbocycles. The van der Waals surface area contributed by atoms with Gasteiger partial charge in [-0.05, 0) is 12.8 Å². The van der Waals surface area contributed by atoms with Gasteiger partial charge in [0.2, 0.25) is 5.67 Å². The van der Waals surface area contributed by atoms with Crippen molar-refractivity contribution < 1.29 is 48.3 Å². The number of unbranched alkanes of at least 4 members (excludes halogenated alkanes) is 12. The fourth-order valence-electron chi connectivity index (χ4n) is 3.99. The first kappa shape index (κ1) is 29.3. The summed E-state index contributed by atoms with van der Waals surface area (Å²) in [5.74, 6) is -34.5. The molecule has 1 aliphatic rings. The van der Waals surface area contributed by atoms with Crippen molar-refractivity contribution in [1.82, 2.24) is 0 Å². The minimum atomic E-state index is -7.13. The maximum absolute atomic E-state index is 14.5. The van der Waals surface area contributed by atoms with Crippen LogP contribution in [-0.4, -0.2) is 35.3 Å². The first-order chi connectivity index (χ1) is 14.6. The molecule has 0 atom stereocenters. The second-order valence-corrected chi connectivity index (χ2v) is 8.67. The van der Waals surface area contributed by atoms with Gasteiger partial charge in [-0.1, -0.05) is 84.0 Å². The van der Waals surface area contributed by atoms with E-state index in [0.29, 0.717) is 6.42 Å². The van der Waals surface area contributed by atoms with Crippen molar-refractivity contribution in [1.29, 1.82) is 0 Å². The van der Waals surface area contributed by atoms with Crippen LogP contribution in [0, 0.1) is 0 Å². The summed E-state index contributed by atoms with van der Waals surface area (Å²) < 4.78 is 150. The number of halogens is 11. The first-order valence-corrected chi connectivity index (χ1v) is 11.1. The monoisotopic (exact) mass is 492 g/mol. The van der Waals surface area contributed by atoms with E-state index in [4.69, 9.17) is 0 Å². The maximum Gasteiger partial charge on any atom is 0.384 e. The van der Waals surface area contributed by atoms with Gasteiger partial charge in [0.25, 0.3) is 0 Å². The highest BCUT2D eigenvalue weighted by Crippen LogP contribution is 2.70. The normalized spacial score (nSPS) is 24.4. The minimum absolute atomic E-state index is 0.164. The molecule has 192 valence electrons. The van der Waals surface area contributed by atoms with Gasteiger partial charge in [-0.2, -0.15) is 43.9 Å². The lowest BCUT2D eigenvalue weighted by molar-refractivity contribution is -0.485. The fourth-order valence-corrected chi connectivity index (χ4v) is 3.99. The maximum atomic E-state index is 14.5. The summed E-state index contributed by atoms with van der Waals surface area (Å²) in [7, 11) is 0. The Balaban J connectivity index is 2.53. The Kier molecular flexibility index (Phi) is 9.75. The predicted molar refractivity (Wildman–Crippen MR) is 98.9 cm³/mol. The molecule has 0 nitrogen and oxygen atoms in total. The average Bonchev–Trinajstić information content (AvgIpc) is 2.69. The van der Waals surface area contributed by atoms with Gasteiger partial charge >= 0.3 is 29.6 Å². The third kappa shape index (κ3) is 4.86. The van der Waals surface area contributed by atoms with Crippen LogP contribution in [0.5, 0.6) is 0 Å². The van der Waals surface area contributed by atoms with Crippen molar-refractivity contribution in [3.8, 4) is 0 Å². The zero-order valence-corrected chi connectivity index (χ0v) is 18.1. The average molecular weight is 492 g/mol. The van der Waals surface area contributed by atoms with E-state index in [1.54, 1.807) is 0 Å². The minimum Gasteiger partial charge on any atom is -0.230 e. The molecule has 0 aromatic heterocycles. The van der Waals surface area contributed by atoms with Crippen LogP contribution in [0.2, 0.25) is 0 Å². The zero-order chi connectivity index (χ0) is 24.9. The molecular weight excluding hydrogens is 461 g/mol. The SMILES string of the molecule is CCCCCCCCCCCCCCCC1(F)C(F)(F)C(F)(F)C(F)(F)C(F)(F)C1(F)F. The highest BCUT2D eigenvalue weighted by Gasteiger charge is 3.00. The van der Waals surface area contributed by atoms with Crippen LogP contribution in [0.4, 0.5) is 48.3 Å². The lowest BCUT2D eigenvalue weighted by atomic mass is 9.70. The van der Waals surface area contributed by atoms with Crippen molar-refractivity contribution in [2.24, 2.45) is 0 Å². The Morgan fingerprint density at radius 3 is 0.906 bits per heavy atom. The topological polar surface area (TPSA) is 0 Å². The third-order valence-corrected chi connectivity index (χ3v) is 6.20. The molecule has 0 amide bonds. The molecule has 32 heavy (non-hydrogen) atoms. The molecule has 0 N–H and O–H groups in total.